The number of nitrogens with zero attached hydrogens (tertiary/aromatic N) is 3. The van der Waals surface area contributed by atoms with Gasteiger partial charge in [0.25, 0.3) is 0 Å². The van der Waals surface area contributed by atoms with E-state index in [1.165, 1.54) is 5.56 Å². The summed E-state index contributed by atoms with van der Waals surface area (Å²) >= 11 is 0. The van der Waals surface area contributed by atoms with E-state index in [1.807, 2.05) is 12.1 Å². The third kappa shape index (κ3) is 3.03. The first-order valence-electron chi connectivity index (χ1n) is 7.45. The molecule has 0 spiro atoms. The highest BCUT2D eigenvalue weighted by Crippen LogP contribution is 2.29. The van der Waals surface area contributed by atoms with Crippen molar-refractivity contribution in [2.24, 2.45) is 0 Å². The highest BCUT2D eigenvalue weighted by atomic mass is 16.3. The van der Waals surface area contributed by atoms with Crippen molar-refractivity contribution in [1.82, 2.24) is 15.0 Å². The van der Waals surface area contributed by atoms with Gasteiger partial charge in [0.15, 0.2) is 5.82 Å². The fraction of sp³-hybridized carbons (Fsp3) is 0.438. The van der Waals surface area contributed by atoms with Crippen molar-refractivity contribution in [3.05, 3.63) is 35.8 Å². The largest absolute Gasteiger partial charge is 0.396 e. The van der Waals surface area contributed by atoms with Crippen molar-refractivity contribution in [3.63, 3.8) is 0 Å². The Bertz CT molecular complexity index is 615. The monoisotopic (exact) mass is 284 g/mol. The predicted octanol–water partition coefficient (Wildman–Crippen LogP) is 2.21. The summed E-state index contributed by atoms with van der Waals surface area (Å²) in [5, 5.41) is 12.5. The molecule has 3 rings (SSSR count). The van der Waals surface area contributed by atoms with Crippen LogP contribution in [0.4, 0.5) is 5.82 Å². The standard InChI is InChI=1S/C16H20N4O/c1-11(7-9-21)18-16-13-5-2-6-14(13)19-15(20-16)12-4-3-8-17-10-12/h3-4,8,10-11,21H,2,5-7,9H2,1H3,(H,18,19,20)/t11-/m1/s1. The molecule has 2 heterocycles. The number of fused-ring (bicyclic) bond motifs is 1. The van der Waals surface area contributed by atoms with Gasteiger partial charge in [-0.15, -0.1) is 0 Å². The Balaban J connectivity index is 1.97. The third-order valence-corrected chi connectivity index (χ3v) is 3.80. The summed E-state index contributed by atoms with van der Waals surface area (Å²) in [7, 11) is 0. The van der Waals surface area contributed by atoms with E-state index in [1.54, 1.807) is 12.4 Å². The average molecular weight is 284 g/mol. The van der Waals surface area contributed by atoms with Gasteiger partial charge in [0, 0.05) is 41.9 Å². The van der Waals surface area contributed by atoms with Crippen molar-refractivity contribution in [2.75, 3.05) is 11.9 Å². The smallest absolute Gasteiger partial charge is 0.163 e. The molecular formula is C16H20N4O. The SMILES string of the molecule is C[C@H](CCO)Nc1nc(-c2cccnc2)nc2c1CCC2. The third-order valence-electron chi connectivity index (χ3n) is 3.80. The van der Waals surface area contributed by atoms with Crippen LogP contribution in [0.1, 0.15) is 31.0 Å². The molecule has 1 aliphatic carbocycles. The summed E-state index contributed by atoms with van der Waals surface area (Å²) in [4.78, 5) is 13.5. The van der Waals surface area contributed by atoms with E-state index in [9.17, 15) is 0 Å². The molecule has 1 aliphatic rings. The first kappa shape index (κ1) is 13.9. The van der Waals surface area contributed by atoms with Crippen LogP contribution in [0.2, 0.25) is 0 Å². The zero-order valence-corrected chi connectivity index (χ0v) is 12.2. The Morgan fingerprint density at radius 2 is 2.24 bits per heavy atom. The normalized spacial score (nSPS) is 14.8. The van der Waals surface area contributed by atoms with Gasteiger partial charge in [-0.25, -0.2) is 9.97 Å². The fourth-order valence-corrected chi connectivity index (χ4v) is 2.68. The molecule has 5 heteroatoms. The van der Waals surface area contributed by atoms with Crippen LogP contribution in [0.5, 0.6) is 0 Å². The van der Waals surface area contributed by atoms with Crippen LogP contribution < -0.4 is 5.32 Å². The van der Waals surface area contributed by atoms with Gasteiger partial charge in [0.1, 0.15) is 5.82 Å². The van der Waals surface area contributed by atoms with Gasteiger partial charge in [-0.1, -0.05) is 0 Å². The molecule has 0 aliphatic heterocycles. The van der Waals surface area contributed by atoms with Crippen LogP contribution in [-0.4, -0.2) is 32.7 Å². The van der Waals surface area contributed by atoms with E-state index >= 15 is 0 Å². The Morgan fingerprint density at radius 3 is 3.00 bits per heavy atom. The maximum absolute atomic E-state index is 9.06. The number of rotatable bonds is 5. The first-order valence-corrected chi connectivity index (χ1v) is 7.45. The van der Waals surface area contributed by atoms with E-state index in [-0.39, 0.29) is 12.6 Å². The molecule has 0 bridgehead atoms. The second-order valence-corrected chi connectivity index (χ2v) is 5.47. The zero-order valence-electron chi connectivity index (χ0n) is 12.2. The number of aromatic nitrogens is 3. The summed E-state index contributed by atoms with van der Waals surface area (Å²) in [6, 6.07) is 4.06. The molecule has 110 valence electrons. The van der Waals surface area contributed by atoms with Crippen LogP contribution >= 0.6 is 0 Å². The molecule has 0 saturated carbocycles. The molecule has 0 saturated heterocycles. The van der Waals surface area contributed by atoms with E-state index < -0.39 is 0 Å². The lowest BCUT2D eigenvalue weighted by Crippen LogP contribution is -2.19. The summed E-state index contributed by atoms with van der Waals surface area (Å²) in [6.45, 7) is 2.24. The highest BCUT2D eigenvalue weighted by Gasteiger charge is 2.20. The maximum atomic E-state index is 9.06. The lowest BCUT2D eigenvalue weighted by atomic mass is 10.2. The van der Waals surface area contributed by atoms with E-state index in [0.717, 1.165) is 42.2 Å². The molecule has 5 nitrogen and oxygen atoms in total. The molecule has 2 N–H and O–H groups in total. The van der Waals surface area contributed by atoms with E-state index in [0.29, 0.717) is 6.42 Å². The minimum Gasteiger partial charge on any atom is -0.396 e. The Kier molecular flexibility index (Phi) is 4.10. The number of aliphatic hydroxyl groups is 1. The number of hydrogen-bond acceptors (Lipinski definition) is 5. The molecule has 0 amide bonds. The van der Waals surface area contributed by atoms with Gasteiger partial charge < -0.3 is 10.4 Å². The van der Waals surface area contributed by atoms with Gasteiger partial charge in [-0.05, 0) is 44.7 Å². The van der Waals surface area contributed by atoms with Crippen molar-refractivity contribution >= 4 is 5.82 Å². The average Bonchev–Trinajstić information content (AvgIpc) is 2.97. The van der Waals surface area contributed by atoms with Crippen molar-refractivity contribution in [2.45, 2.75) is 38.6 Å². The van der Waals surface area contributed by atoms with Crippen LogP contribution in [0, 0.1) is 0 Å². The highest BCUT2D eigenvalue weighted by molar-refractivity contribution is 5.60. The lowest BCUT2D eigenvalue weighted by molar-refractivity contribution is 0.282. The number of pyridine rings is 1. The Morgan fingerprint density at radius 1 is 1.33 bits per heavy atom. The number of aryl methyl sites for hydroxylation is 1. The molecule has 0 aromatic carbocycles. The molecule has 0 fully saturated rings. The van der Waals surface area contributed by atoms with Crippen LogP contribution in [0.3, 0.4) is 0 Å². The molecular weight excluding hydrogens is 264 g/mol. The van der Waals surface area contributed by atoms with Gasteiger partial charge >= 0.3 is 0 Å². The van der Waals surface area contributed by atoms with Crippen LogP contribution in [-0.2, 0) is 12.8 Å². The topological polar surface area (TPSA) is 70.9 Å². The lowest BCUT2D eigenvalue weighted by Gasteiger charge is -2.17. The second kappa shape index (κ2) is 6.18. The van der Waals surface area contributed by atoms with Gasteiger partial charge in [-0.2, -0.15) is 0 Å². The molecule has 2 aromatic rings. The Hall–Kier alpha value is -2.01. The van der Waals surface area contributed by atoms with Crippen molar-refractivity contribution < 1.29 is 5.11 Å². The number of anilines is 1. The summed E-state index contributed by atoms with van der Waals surface area (Å²) in [6.07, 6.45) is 7.41. The summed E-state index contributed by atoms with van der Waals surface area (Å²) in [5.74, 6) is 1.64. The summed E-state index contributed by atoms with van der Waals surface area (Å²) in [5.41, 5.74) is 3.31. The van der Waals surface area contributed by atoms with Crippen LogP contribution in [0.25, 0.3) is 11.4 Å². The number of aliphatic hydroxyl groups excluding tert-OH is 1. The molecule has 1 atom stereocenters. The van der Waals surface area contributed by atoms with Gasteiger partial charge in [0.2, 0.25) is 0 Å². The van der Waals surface area contributed by atoms with Gasteiger partial charge in [-0.3, -0.25) is 4.98 Å². The minimum atomic E-state index is 0.177. The summed E-state index contributed by atoms with van der Waals surface area (Å²) < 4.78 is 0. The Labute approximate surface area is 124 Å². The van der Waals surface area contributed by atoms with E-state index in [4.69, 9.17) is 15.1 Å². The zero-order chi connectivity index (χ0) is 14.7. The number of hydrogen-bond donors (Lipinski definition) is 2. The molecule has 0 unspecified atom stereocenters. The van der Waals surface area contributed by atoms with Gasteiger partial charge in [0.05, 0.1) is 0 Å². The quantitative estimate of drug-likeness (QED) is 0.881. The predicted molar refractivity (Wildman–Crippen MR) is 82.1 cm³/mol. The van der Waals surface area contributed by atoms with Crippen LogP contribution in [0.15, 0.2) is 24.5 Å². The minimum absolute atomic E-state index is 0.177. The molecule has 2 aromatic heterocycles. The van der Waals surface area contributed by atoms with Crippen molar-refractivity contribution in [1.29, 1.82) is 0 Å². The second-order valence-electron chi connectivity index (χ2n) is 5.47. The van der Waals surface area contributed by atoms with E-state index in [2.05, 4.69) is 17.2 Å². The molecule has 0 radical (unpaired) electrons. The molecule has 21 heavy (non-hydrogen) atoms. The maximum Gasteiger partial charge on any atom is 0.163 e. The van der Waals surface area contributed by atoms with Crippen molar-refractivity contribution in [3.8, 4) is 11.4 Å². The fourth-order valence-electron chi connectivity index (χ4n) is 2.68. The first-order chi connectivity index (χ1) is 10.3. The number of nitrogens with one attached hydrogen (secondary N) is 1.